The van der Waals surface area contributed by atoms with Crippen LogP contribution in [0, 0.1) is 0 Å². The van der Waals surface area contributed by atoms with E-state index in [0.717, 1.165) is 10.8 Å². The summed E-state index contributed by atoms with van der Waals surface area (Å²) in [6.07, 6.45) is 1.37. The number of carboxylic acid groups (broad SMARTS) is 1. The molecular weight excluding hydrogens is 214 g/mol. The lowest BCUT2D eigenvalue weighted by atomic mass is 10.3. The van der Waals surface area contributed by atoms with Gasteiger partial charge in [0.1, 0.15) is 0 Å². The molecule has 4 nitrogen and oxygen atoms in total. The molecule has 0 aliphatic heterocycles. The second kappa shape index (κ2) is 6.42. The number of hydrogen-bond acceptors (Lipinski definition) is 4. The fourth-order valence-corrected chi connectivity index (χ4v) is 1.64. The average molecular weight is 227 g/mol. The zero-order chi connectivity index (χ0) is 11.1. The molecule has 0 bridgehead atoms. The molecule has 0 fully saturated rings. The second-order valence-electron chi connectivity index (χ2n) is 2.74. The summed E-state index contributed by atoms with van der Waals surface area (Å²) >= 11 is 1.55. The minimum Gasteiger partial charge on any atom is -0.478 e. The molecule has 0 aromatic carbocycles. The number of pyridine rings is 1. The molecule has 82 valence electrons. The van der Waals surface area contributed by atoms with Gasteiger partial charge in [-0.3, -0.25) is 0 Å². The van der Waals surface area contributed by atoms with E-state index in [1.54, 1.807) is 23.9 Å². The van der Waals surface area contributed by atoms with Crippen molar-refractivity contribution < 1.29 is 14.6 Å². The van der Waals surface area contributed by atoms with Crippen LogP contribution in [0.5, 0.6) is 0 Å². The summed E-state index contributed by atoms with van der Waals surface area (Å²) in [6.45, 7) is 3.35. The Hall–Kier alpha value is -1.07. The van der Waals surface area contributed by atoms with Gasteiger partial charge in [0.25, 0.3) is 0 Å². The van der Waals surface area contributed by atoms with Gasteiger partial charge in [-0.1, -0.05) is 0 Å². The third-order valence-corrected chi connectivity index (χ3v) is 2.57. The Balaban J connectivity index is 2.39. The third-order valence-electron chi connectivity index (χ3n) is 1.67. The van der Waals surface area contributed by atoms with Crippen LogP contribution in [-0.2, 0) is 4.74 Å². The smallest absolute Gasteiger partial charge is 0.337 e. The highest BCUT2D eigenvalue weighted by Crippen LogP contribution is 2.14. The molecule has 1 rings (SSSR count). The number of carboxylic acids is 1. The van der Waals surface area contributed by atoms with Gasteiger partial charge in [-0.2, -0.15) is 0 Å². The molecule has 0 aliphatic carbocycles. The van der Waals surface area contributed by atoms with Gasteiger partial charge < -0.3 is 9.84 Å². The van der Waals surface area contributed by atoms with Gasteiger partial charge in [0, 0.05) is 18.6 Å². The number of thioether (sulfide) groups is 1. The summed E-state index contributed by atoms with van der Waals surface area (Å²) in [5.74, 6) is -0.124. The molecule has 0 atom stereocenters. The molecule has 5 heteroatoms. The molecule has 0 saturated carbocycles. The van der Waals surface area contributed by atoms with Crippen LogP contribution < -0.4 is 0 Å². The average Bonchev–Trinajstić information content (AvgIpc) is 2.25. The highest BCUT2D eigenvalue weighted by molar-refractivity contribution is 7.99. The molecule has 0 amide bonds. The zero-order valence-electron chi connectivity index (χ0n) is 8.47. The van der Waals surface area contributed by atoms with Crippen LogP contribution in [0.2, 0.25) is 0 Å². The SMILES string of the molecule is CCOCCSc1ccc(C(=O)O)cn1. The van der Waals surface area contributed by atoms with Crippen LogP contribution in [-0.4, -0.2) is 35.0 Å². The first kappa shape index (κ1) is 12.0. The first-order valence-electron chi connectivity index (χ1n) is 4.64. The van der Waals surface area contributed by atoms with E-state index in [2.05, 4.69) is 4.98 Å². The van der Waals surface area contributed by atoms with Crippen molar-refractivity contribution in [1.29, 1.82) is 0 Å². The summed E-state index contributed by atoms with van der Waals surface area (Å²) in [5.41, 5.74) is 0.212. The van der Waals surface area contributed by atoms with Gasteiger partial charge in [-0.25, -0.2) is 9.78 Å². The van der Waals surface area contributed by atoms with Gasteiger partial charge in [-0.05, 0) is 19.1 Å². The summed E-state index contributed by atoms with van der Waals surface area (Å²) < 4.78 is 5.17. The largest absolute Gasteiger partial charge is 0.478 e. The zero-order valence-corrected chi connectivity index (χ0v) is 9.29. The van der Waals surface area contributed by atoms with E-state index in [4.69, 9.17) is 9.84 Å². The van der Waals surface area contributed by atoms with E-state index in [-0.39, 0.29) is 5.56 Å². The number of aromatic nitrogens is 1. The van der Waals surface area contributed by atoms with Crippen molar-refractivity contribution >= 4 is 17.7 Å². The fraction of sp³-hybridized carbons (Fsp3) is 0.400. The van der Waals surface area contributed by atoms with Crippen LogP contribution in [0.4, 0.5) is 0 Å². The summed E-state index contributed by atoms with van der Waals surface area (Å²) in [7, 11) is 0. The van der Waals surface area contributed by atoms with E-state index < -0.39 is 5.97 Å². The normalized spacial score (nSPS) is 10.2. The molecular formula is C10H13NO3S. The Morgan fingerprint density at radius 2 is 2.40 bits per heavy atom. The predicted molar refractivity (Wildman–Crippen MR) is 58.4 cm³/mol. The molecule has 0 unspecified atom stereocenters. The van der Waals surface area contributed by atoms with Crippen LogP contribution in [0.3, 0.4) is 0 Å². The minimum atomic E-state index is -0.951. The maximum atomic E-state index is 10.5. The molecule has 1 N–H and O–H groups in total. The van der Waals surface area contributed by atoms with Gasteiger partial charge in [-0.15, -0.1) is 11.8 Å². The number of carbonyl (C=O) groups is 1. The Morgan fingerprint density at radius 1 is 1.60 bits per heavy atom. The lowest BCUT2D eigenvalue weighted by Crippen LogP contribution is -1.98. The number of rotatable bonds is 6. The van der Waals surface area contributed by atoms with Gasteiger partial charge in [0.15, 0.2) is 0 Å². The highest BCUT2D eigenvalue weighted by Gasteiger charge is 2.02. The number of hydrogen-bond donors (Lipinski definition) is 1. The summed E-state index contributed by atoms with van der Waals surface area (Å²) in [6, 6.07) is 3.26. The van der Waals surface area contributed by atoms with E-state index in [0.29, 0.717) is 13.2 Å². The Bertz CT molecular complexity index is 313. The van der Waals surface area contributed by atoms with Crippen molar-refractivity contribution in [3.05, 3.63) is 23.9 Å². The van der Waals surface area contributed by atoms with Gasteiger partial charge in [0.05, 0.1) is 17.2 Å². The van der Waals surface area contributed by atoms with Crippen molar-refractivity contribution in [3.8, 4) is 0 Å². The van der Waals surface area contributed by atoms with E-state index >= 15 is 0 Å². The second-order valence-corrected chi connectivity index (χ2v) is 3.85. The van der Waals surface area contributed by atoms with E-state index in [9.17, 15) is 4.79 Å². The maximum absolute atomic E-state index is 10.5. The monoisotopic (exact) mass is 227 g/mol. The van der Waals surface area contributed by atoms with Gasteiger partial charge >= 0.3 is 5.97 Å². The summed E-state index contributed by atoms with van der Waals surface area (Å²) in [4.78, 5) is 14.6. The molecule has 1 aromatic rings. The lowest BCUT2D eigenvalue weighted by Gasteiger charge is -2.01. The molecule has 1 heterocycles. The number of nitrogens with zero attached hydrogens (tertiary/aromatic N) is 1. The molecule has 1 aromatic heterocycles. The minimum absolute atomic E-state index is 0.212. The third kappa shape index (κ3) is 4.31. The van der Waals surface area contributed by atoms with Crippen molar-refractivity contribution in [1.82, 2.24) is 4.98 Å². The van der Waals surface area contributed by atoms with Crippen LogP contribution in [0.15, 0.2) is 23.4 Å². The first-order valence-corrected chi connectivity index (χ1v) is 5.62. The van der Waals surface area contributed by atoms with Crippen LogP contribution >= 0.6 is 11.8 Å². The van der Waals surface area contributed by atoms with E-state index in [1.807, 2.05) is 6.92 Å². The van der Waals surface area contributed by atoms with Crippen molar-refractivity contribution in [2.24, 2.45) is 0 Å². The van der Waals surface area contributed by atoms with E-state index in [1.165, 1.54) is 6.20 Å². The van der Waals surface area contributed by atoms with Crippen LogP contribution in [0.25, 0.3) is 0 Å². The van der Waals surface area contributed by atoms with Crippen molar-refractivity contribution in [2.45, 2.75) is 11.9 Å². The molecule has 0 radical (unpaired) electrons. The quantitative estimate of drug-likeness (QED) is 0.594. The molecule has 0 spiro atoms. The van der Waals surface area contributed by atoms with Crippen molar-refractivity contribution in [2.75, 3.05) is 19.0 Å². The van der Waals surface area contributed by atoms with Crippen molar-refractivity contribution in [3.63, 3.8) is 0 Å². The number of ether oxygens (including phenoxy) is 1. The fourth-order valence-electron chi connectivity index (χ4n) is 0.942. The maximum Gasteiger partial charge on any atom is 0.337 e. The van der Waals surface area contributed by atoms with Crippen LogP contribution in [0.1, 0.15) is 17.3 Å². The predicted octanol–water partition coefficient (Wildman–Crippen LogP) is 1.91. The molecule has 0 saturated heterocycles. The lowest BCUT2D eigenvalue weighted by molar-refractivity contribution is 0.0696. The topological polar surface area (TPSA) is 59.4 Å². The Labute approximate surface area is 92.7 Å². The standard InChI is InChI=1S/C10H13NO3S/c1-2-14-5-6-15-9-4-3-8(7-11-9)10(12)13/h3-4,7H,2,5-6H2,1H3,(H,12,13). The molecule has 0 aliphatic rings. The van der Waals surface area contributed by atoms with Gasteiger partial charge in [0.2, 0.25) is 0 Å². The number of aromatic carboxylic acids is 1. The highest BCUT2D eigenvalue weighted by atomic mass is 32.2. The first-order chi connectivity index (χ1) is 7.24. The molecule has 15 heavy (non-hydrogen) atoms. The summed E-state index contributed by atoms with van der Waals surface area (Å²) in [5, 5.41) is 9.47. The Kier molecular flexibility index (Phi) is 5.14. The Morgan fingerprint density at radius 3 is 2.93 bits per heavy atom.